The van der Waals surface area contributed by atoms with Crippen molar-refractivity contribution in [3.05, 3.63) is 23.1 Å². The van der Waals surface area contributed by atoms with Gasteiger partial charge in [-0.25, -0.2) is 0 Å². The van der Waals surface area contributed by atoms with E-state index >= 15 is 0 Å². The van der Waals surface area contributed by atoms with Crippen molar-refractivity contribution < 1.29 is 4.42 Å². The van der Waals surface area contributed by atoms with Crippen molar-refractivity contribution in [3.63, 3.8) is 0 Å². The number of hydrogen-bond acceptors (Lipinski definition) is 3. The van der Waals surface area contributed by atoms with Crippen LogP contribution in [0.5, 0.6) is 0 Å². The van der Waals surface area contributed by atoms with E-state index in [4.69, 9.17) is 16.0 Å². The molecule has 0 N–H and O–H groups in total. The van der Waals surface area contributed by atoms with E-state index in [0.29, 0.717) is 10.6 Å². The molecule has 1 fully saturated rings. The molecule has 4 heteroatoms. The van der Waals surface area contributed by atoms with E-state index < -0.39 is 0 Å². The Labute approximate surface area is 99.0 Å². The van der Waals surface area contributed by atoms with Gasteiger partial charge in [-0.2, -0.15) is 24.4 Å². The summed E-state index contributed by atoms with van der Waals surface area (Å²) in [4.78, 5) is 0. The van der Waals surface area contributed by atoms with Crippen LogP contribution in [0.15, 0.2) is 16.5 Å². The monoisotopic (exact) mass is 248 g/mol. The summed E-state index contributed by atoms with van der Waals surface area (Å²) in [5, 5.41) is 0.482. The topological polar surface area (TPSA) is 13.1 Å². The zero-order valence-corrected chi connectivity index (χ0v) is 10.3. The van der Waals surface area contributed by atoms with Crippen LogP contribution in [0.1, 0.15) is 18.6 Å². The van der Waals surface area contributed by atoms with Gasteiger partial charge in [-0.15, -0.1) is 0 Å². The van der Waals surface area contributed by atoms with E-state index in [0.717, 1.165) is 17.3 Å². The Bertz CT molecular complexity index is 307. The second-order valence-electron chi connectivity index (χ2n) is 3.86. The highest BCUT2D eigenvalue weighted by Crippen LogP contribution is 2.49. The lowest BCUT2D eigenvalue weighted by atomic mass is 10.2. The van der Waals surface area contributed by atoms with Gasteiger partial charge in [0.1, 0.15) is 5.76 Å². The number of hydrogen-bond donors (Lipinski definition) is 1. The third kappa shape index (κ3) is 2.65. The Morgan fingerprint density at radius 3 is 2.79 bits per heavy atom. The summed E-state index contributed by atoms with van der Waals surface area (Å²) in [5.74, 6) is 4.09. The molecule has 14 heavy (non-hydrogen) atoms. The lowest BCUT2D eigenvalue weighted by molar-refractivity contribution is 0.532. The first-order valence-electron chi connectivity index (χ1n) is 4.67. The Morgan fingerprint density at radius 1 is 1.50 bits per heavy atom. The quantitative estimate of drug-likeness (QED) is 0.795. The molecule has 0 unspecified atom stereocenters. The van der Waals surface area contributed by atoms with Crippen LogP contribution < -0.4 is 0 Å². The van der Waals surface area contributed by atoms with Crippen molar-refractivity contribution >= 4 is 36.0 Å². The lowest BCUT2D eigenvalue weighted by Crippen LogP contribution is -2.05. The van der Waals surface area contributed by atoms with Gasteiger partial charge in [0.05, 0.1) is 5.75 Å². The molecule has 2 rings (SSSR count). The molecular weight excluding hydrogens is 236 g/mol. The maximum atomic E-state index is 5.68. The molecule has 1 aliphatic carbocycles. The standard InChI is InChI=1S/C10H13ClOS2/c11-9-2-1-8(12-9)5-14-7-10(6-13)3-4-10/h1-2,13H,3-7H2. The van der Waals surface area contributed by atoms with Crippen LogP contribution in [0.2, 0.25) is 5.22 Å². The molecule has 0 aliphatic heterocycles. The Kier molecular flexibility index (Phi) is 3.40. The predicted molar refractivity (Wildman–Crippen MR) is 65.4 cm³/mol. The molecule has 1 heterocycles. The van der Waals surface area contributed by atoms with Crippen molar-refractivity contribution in [3.8, 4) is 0 Å². The van der Waals surface area contributed by atoms with Gasteiger partial charge in [-0.3, -0.25) is 0 Å². The average molecular weight is 249 g/mol. The minimum Gasteiger partial charge on any atom is -0.449 e. The molecule has 1 nitrogen and oxygen atoms in total. The number of halogens is 1. The van der Waals surface area contributed by atoms with Crippen LogP contribution in [0.4, 0.5) is 0 Å². The van der Waals surface area contributed by atoms with Crippen molar-refractivity contribution in [2.75, 3.05) is 11.5 Å². The minimum absolute atomic E-state index is 0.482. The lowest BCUT2D eigenvalue weighted by Gasteiger charge is -2.09. The zero-order chi connectivity index (χ0) is 10.0. The van der Waals surface area contributed by atoms with Crippen LogP contribution in [-0.2, 0) is 5.75 Å². The molecule has 0 amide bonds. The van der Waals surface area contributed by atoms with E-state index in [-0.39, 0.29) is 0 Å². The zero-order valence-electron chi connectivity index (χ0n) is 7.83. The van der Waals surface area contributed by atoms with Crippen molar-refractivity contribution in [2.24, 2.45) is 5.41 Å². The van der Waals surface area contributed by atoms with Gasteiger partial charge in [-0.05, 0) is 47.7 Å². The summed E-state index contributed by atoms with van der Waals surface area (Å²) in [6.45, 7) is 0. The summed E-state index contributed by atoms with van der Waals surface area (Å²) in [7, 11) is 0. The minimum atomic E-state index is 0.482. The van der Waals surface area contributed by atoms with Crippen LogP contribution in [0.3, 0.4) is 0 Å². The molecule has 1 aliphatic rings. The van der Waals surface area contributed by atoms with Gasteiger partial charge in [0.15, 0.2) is 5.22 Å². The van der Waals surface area contributed by atoms with E-state index in [1.165, 1.54) is 18.6 Å². The molecule has 0 radical (unpaired) electrons. The first-order chi connectivity index (χ1) is 6.74. The van der Waals surface area contributed by atoms with Gasteiger partial charge >= 0.3 is 0 Å². The van der Waals surface area contributed by atoms with Gasteiger partial charge in [0.2, 0.25) is 0 Å². The third-order valence-corrected chi connectivity index (χ3v) is 4.75. The highest BCUT2D eigenvalue weighted by atomic mass is 35.5. The highest BCUT2D eigenvalue weighted by molar-refractivity contribution is 7.98. The Balaban J connectivity index is 1.73. The SMILES string of the molecule is SCC1(CSCc2ccc(Cl)o2)CC1. The molecule has 0 saturated heterocycles. The van der Waals surface area contributed by atoms with E-state index in [2.05, 4.69) is 12.6 Å². The molecule has 1 saturated carbocycles. The van der Waals surface area contributed by atoms with Gasteiger partial charge in [-0.1, -0.05) is 0 Å². The summed E-state index contributed by atoms with van der Waals surface area (Å²) >= 11 is 12.0. The molecule has 0 atom stereocenters. The Morgan fingerprint density at radius 2 is 2.29 bits per heavy atom. The molecule has 0 bridgehead atoms. The molecule has 1 aromatic rings. The Hall–Kier alpha value is 0.270. The molecule has 0 aromatic carbocycles. The number of rotatable bonds is 5. The second kappa shape index (κ2) is 4.42. The highest BCUT2D eigenvalue weighted by Gasteiger charge is 2.40. The molecule has 0 spiro atoms. The largest absolute Gasteiger partial charge is 0.449 e. The number of thiol groups is 1. The smallest absolute Gasteiger partial charge is 0.193 e. The van der Waals surface area contributed by atoms with E-state index in [1.54, 1.807) is 6.07 Å². The van der Waals surface area contributed by atoms with Gasteiger partial charge < -0.3 is 4.42 Å². The summed E-state index contributed by atoms with van der Waals surface area (Å²) < 4.78 is 5.28. The molecule has 1 aromatic heterocycles. The predicted octanol–water partition coefficient (Wildman–Crippen LogP) is 3.88. The summed E-state index contributed by atoms with van der Waals surface area (Å²) in [5.41, 5.74) is 0.532. The number of furan rings is 1. The van der Waals surface area contributed by atoms with Crippen LogP contribution >= 0.6 is 36.0 Å². The normalized spacial score (nSPS) is 18.4. The summed E-state index contributed by atoms with van der Waals surface area (Å²) in [6.07, 6.45) is 2.67. The van der Waals surface area contributed by atoms with Crippen molar-refractivity contribution in [1.82, 2.24) is 0 Å². The average Bonchev–Trinajstić information content (AvgIpc) is 2.84. The van der Waals surface area contributed by atoms with Crippen LogP contribution in [0.25, 0.3) is 0 Å². The van der Waals surface area contributed by atoms with Gasteiger partial charge in [0.25, 0.3) is 0 Å². The third-order valence-electron chi connectivity index (χ3n) is 2.57. The van der Waals surface area contributed by atoms with Crippen LogP contribution in [0, 0.1) is 5.41 Å². The van der Waals surface area contributed by atoms with E-state index in [9.17, 15) is 0 Å². The van der Waals surface area contributed by atoms with Crippen LogP contribution in [-0.4, -0.2) is 11.5 Å². The second-order valence-corrected chi connectivity index (χ2v) is 5.53. The fraction of sp³-hybridized carbons (Fsp3) is 0.600. The fourth-order valence-corrected chi connectivity index (χ4v) is 3.35. The van der Waals surface area contributed by atoms with E-state index in [1.807, 2.05) is 17.8 Å². The maximum absolute atomic E-state index is 5.68. The van der Waals surface area contributed by atoms with Crippen molar-refractivity contribution in [2.45, 2.75) is 18.6 Å². The number of thioether (sulfide) groups is 1. The molecular formula is C10H13ClOS2. The van der Waals surface area contributed by atoms with Gasteiger partial charge in [0, 0.05) is 5.75 Å². The maximum Gasteiger partial charge on any atom is 0.193 e. The first-order valence-corrected chi connectivity index (χ1v) is 6.83. The summed E-state index contributed by atoms with van der Waals surface area (Å²) in [6, 6.07) is 3.73. The fourth-order valence-electron chi connectivity index (χ4n) is 1.32. The molecule has 78 valence electrons. The first kappa shape index (κ1) is 10.8. The van der Waals surface area contributed by atoms with Crippen molar-refractivity contribution in [1.29, 1.82) is 0 Å².